The van der Waals surface area contributed by atoms with Crippen molar-refractivity contribution in [3.8, 4) is 0 Å². The summed E-state index contributed by atoms with van der Waals surface area (Å²) in [7, 11) is 0. The van der Waals surface area contributed by atoms with E-state index >= 15 is 0 Å². The molecule has 15 heavy (non-hydrogen) atoms. The van der Waals surface area contributed by atoms with E-state index < -0.39 is 17.7 Å². The molecule has 1 aromatic carbocycles. The number of amides is 1. The minimum absolute atomic E-state index is 0.299. The molecule has 0 heterocycles. The summed E-state index contributed by atoms with van der Waals surface area (Å²) >= 11 is 0. The van der Waals surface area contributed by atoms with Crippen LogP contribution >= 0.6 is 0 Å². The van der Waals surface area contributed by atoms with Gasteiger partial charge in [-0.2, -0.15) is 13.2 Å². The monoisotopic (exact) mass is 215 g/mol. The van der Waals surface area contributed by atoms with Crippen LogP contribution in [0.3, 0.4) is 0 Å². The van der Waals surface area contributed by atoms with Crippen LogP contribution in [0.15, 0.2) is 42.5 Å². The number of rotatable bonds is 2. The van der Waals surface area contributed by atoms with Crippen LogP contribution in [-0.4, -0.2) is 12.1 Å². The van der Waals surface area contributed by atoms with Gasteiger partial charge < -0.3 is 5.32 Å². The first-order chi connectivity index (χ1) is 6.91. The highest BCUT2D eigenvalue weighted by atomic mass is 19.4. The van der Waals surface area contributed by atoms with Gasteiger partial charge in [-0.1, -0.05) is 24.8 Å². The molecule has 0 aromatic heterocycles. The summed E-state index contributed by atoms with van der Waals surface area (Å²) in [5, 5.41) is 2.09. The van der Waals surface area contributed by atoms with Gasteiger partial charge in [0.2, 0.25) is 0 Å². The van der Waals surface area contributed by atoms with Gasteiger partial charge in [0, 0.05) is 5.69 Å². The van der Waals surface area contributed by atoms with Crippen molar-refractivity contribution in [2.24, 2.45) is 0 Å². The van der Waals surface area contributed by atoms with E-state index in [-0.39, 0.29) is 0 Å². The first-order valence-corrected chi connectivity index (χ1v) is 4.04. The zero-order valence-corrected chi connectivity index (χ0v) is 7.64. The first-order valence-electron chi connectivity index (χ1n) is 4.04. The zero-order valence-electron chi connectivity index (χ0n) is 7.64. The first kappa shape index (κ1) is 11.3. The van der Waals surface area contributed by atoms with E-state index in [0.29, 0.717) is 5.69 Å². The Bertz CT molecular complexity index is 370. The number of carbonyl (C=O) groups is 1. The molecule has 0 aliphatic heterocycles. The summed E-state index contributed by atoms with van der Waals surface area (Å²) in [4.78, 5) is 11.0. The molecule has 0 bridgehead atoms. The standard InChI is InChI=1S/C10H8F3NO/c1-7(10(11,12)13)9(15)14-8-5-3-2-4-6-8/h2-6H,1H2,(H,14,15). The van der Waals surface area contributed by atoms with Crippen LogP contribution in [0, 0.1) is 0 Å². The second-order valence-corrected chi connectivity index (χ2v) is 2.80. The van der Waals surface area contributed by atoms with Crippen LogP contribution in [0.2, 0.25) is 0 Å². The number of nitrogens with one attached hydrogen (secondary N) is 1. The van der Waals surface area contributed by atoms with E-state index in [1.54, 1.807) is 18.2 Å². The molecule has 0 saturated heterocycles. The molecule has 0 aliphatic rings. The van der Waals surface area contributed by atoms with Crippen LogP contribution in [0.1, 0.15) is 0 Å². The minimum Gasteiger partial charge on any atom is -0.322 e. The van der Waals surface area contributed by atoms with E-state index in [2.05, 4.69) is 11.9 Å². The van der Waals surface area contributed by atoms with Gasteiger partial charge in [-0.25, -0.2) is 0 Å². The van der Waals surface area contributed by atoms with E-state index in [1.165, 1.54) is 12.1 Å². The molecule has 1 rings (SSSR count). The predicted octanol–water partition coefficient (Wildman–Crippen LogP) is 2.74. The Hall–Kier alpha value is -1.78. The van der Waals surface area contributed by atoms with E-state index in [0.717, 1.165) is 0 Å². The van der Waals surface area contributed by atoms with Crippen molar-refractivity contribution in [3.63, 3.8) is 0 Å². The number of halogens is 3. The molecule has 0 aliphatic carbocycles. The second kappa shape index (κ2) is 4.16. The molecule has 1 aromatic rings. The molecule has 0 spiro atoms. The Labute approximate surface area is 84.4 Å². The Morgan fingerprint density at radius 1 is 1.20 bits per heavy atom. The van der Waals surface area contributed by atoms with Gasteiger partial charge >= 0.3 is 6.18 Å². The smallest absolute Gasteiger partial charge is 0.322 e. The second-order valence-electron chi connectivity index (χ2n) is 2.80. The molecule has 5 heteroatoms. The van der Waals surface area contributed by atoms with Crippen LogP contribution in [-0.2, 0) is 4.79 Å². The van der Waals surface area contributed by atoms with Crippen LogP contribution < -0.4 is 5.32 Å². The quantitative estimate of drug-likeness (QED) is 0.755. The van der Waals surface area contributed by atoms with Crippen molar-refractivity contribution in [3.05, 3.63) is 42.5 Å². The van der Waals surface area contributed by atoms with Crippen LogP contribution in [0.25, 0.3) is 0 Å². The van der Waals surface area contributed by atoms with E-state index in [1.807, 2.05) is 0 Å². The lowest BCUT2D eigenvalue weighted by atomic mass is 10.2. The lowest BCUT2D eigenvalue weighted by molar-refractivity contribution is -0.126. The molecule has 1 amide bonds. The number of hydrogen-bond donors (Lipinski definition) is 1. The fourth-order valence-electron chi connectivity index (χ4n) is 0.857. The Morgan fingerprint density at radius 3 is 2.20 bits per heavy atom. The molecule has 2 nitrogen and oxygen atoms in total. The summed E-state index contributed by atoms with van der Waals surface area (Å²) in [5.41, 5.74) is -1.11. The number of benzene rings is 1. The predicted molar refractivity (Wildman–Crippen MR) is 50.3 cm³/mol. The van der Waals surface area contributed by atoms with Gasteiger partial charge in [0.15, 0.2) is 0 Å². The maximum Gasteiger partial charge on any atom is 0.421 e. The highest BCUT2D eigenvalue weighted by Gasteiger charge is 2.36. The Morgan fingerprint density at radius 2 is 1.73 bits per heavy atom. The molecule has 0 fully saturated rings. The average molecular weight is 215 g/mol. The summed E-state index contributed by atoms with van der Waals surface area (Å²) in [6.07, 6.45) is -4.70. The van der Waals surface area contributed by atoms with Gasteiger partial charge in [0.25, 0.3) is 5.91 Å². The lowest BCUT2D eigenvalue weighted by Crippen LogP contribution is -2.24. The summed E-state index contributed by atoms with van der Waals surface area (Å²) < 4.78 is 36.1. The van der Waals surface area contributed by atoms with Crippen molar-refractivity contribution in [1.82, 2.24) is 0 Å². The van der Waals surface area contributed by atoms with Crippen LogP contribution in [0.5, 0.6) is 0 Å². The lowest BCUT2D eigenvalue weighted by Gasteiger charge is -2.09. The number of carbonyl (C=O) groups excluding carboxylic acids is 1. The van der Waals surface area contributed by atoms with Gasteiger partial charge in [-0.05, 0) is 12.1 Å². The highest BCUT2D eigenvalue weighted by Crippen LogP contribution is 2.24. The van der Waals surface area contributed by atoms with Crippen molar-refractivity contribution in [2.45, 2.75) is 6.18 Å². The molecule has 0 atom stereocenters. The Balaban J connectivity index is 2.69. The highest BCUT2D eigenvalue weighted by molar-refractivity contribution is 6.04. The fraction of sp³-hybridized carbons (Fsp3) is 0.100. The molecule has 0 saturated carbocycles. The fourth-order valence-corrected chi connectivity index (χ4v) is 0.857. The molecular formula is C10H8F3NO. The SMILES string of the molecule is C=C(C(=O)Nc1ccccc1)C(F)(F)F. The topological polar surface area (TPSA) is 29.1 Å². The summed E-state index contributed by atoms with van der Waals surface area (Å²) in [6, 6.07) is 7.87. The Kier molecular flexibility index (Phi) is 3.14. The number of hydrogen-bond acceptors (Lipinski definition) is 1. The minimum atomic E-state index is -4.70. The summed E-state index contributed by atoms with van der Waals surface area (Å²) in [5.74, 6) is -1.24. The van der Waals surface area contributed by atoms with Gasteiger partial charge in [-0.3, -0.25) is 4.79 Å². The normalized spacial score (nSPS) is 10.9. The molecular weight excluding hydrogens is 207 g/mol. The maximum absolute atomic E-state index is 12.0. The third-order valence-electron chi connectivity index (χ3n) is 1.65. The maximum atomic E-state index is 12.0. The molecule has 80 valence electrons. The van der Waals surface area contributed by atoms with E-state index in [4.69, 9.17) is 0 Å². The van der Waals surface area contributed by atoms with Crippen molar-refractivity contribution in [1.29, 1.82) is 0 Å². The van der Waals surface area contributed by atoms with Gasteiger partial charge in [0.05, 0.1) is 0 Å². The largest absolute Gasteiger partial charge is 0.421 e. The van der Waals surface area contributed by atoms with E-state index in [9.17, 15) is 18.0 Å². The number of anilines is 1. The zero-order chi connectivity index (χ0) is 11.5. The van der Waals surface area contributed by atoms with Crippen molar-refractivity contribution >= 4 is 11.6 Å². The van der Waals surface area contributed by atoms with Gasteiger partial charge in [-0.15, -0.1) is 0 Å². The molecule has 0 unspecified atom stereocenters. The molecule has 1 N–H and O–H groups in total. The van der Waals surface area contributed by atoms with Crippen molar-refractivity contribution < 1.29 is 18.0 Å². The van der Waals surface area contributed by atoms with Crippen molar-refractivity contribution in [2.75, 3.05) is 5.32 Å². The molecule has 0 radical (unpaired) electrons. The average Bonchev–Trinajstić information content (AvgIpc) is 2.16. The van der Waals surface area contributed by atoms with Gasteiger partial charge in [0.1, 0.15) is 5.57 Å². The number of alkyl halides is 3. The third-order valence-corrected chi connectivity index (χ3v) is 1.65. The number of para-hydroxylation sites is 1. The third kappa shape index (κ3) is 3.12. The summed E-state index contributed by atoms with van der Waals surface area (Å²) in [6.45, 7) is 2.69. The van der Waals surface area contributed by atoms with Crippen LogP contribution in [0.4, 0.5) is 18.9 Å².